The number of nitrogens with zero attached hydrogens (tertiary/aromatic N) is 1. The van der Waals surface area contributed by atoms with Crippen molar-refractivity contribution >= 4 is 23.6 Å². The van der Waals surface area contributed by atoms with E-state index in [9.17, 15) is 9.59 Å². The third-order valence-corrected chi connectivity index (χ3v) is 8.02. The third-order valence-electron chi connectivity index (χ3n) is 6.99. The maximum Gasteiger partial charge on any atom is 0.243 e. The van der Waals surface area contributed by atoms with Crippen molar-refractivity contribution < 1.29 is 9.59 Å². The van der Waals surface area contributed by atoms with Crippen molar-refractivity contribution in [3.8, 4) is 0 Å². The number of amides is 2. The van der Waals surface area contributed by atoms with Crippen LogP contribution in [0.15, 0.2) is 91.0 Å². The molecule has 1 atom stereocenters. The predicted molar refractivity (Wildman–Crippen MR) is 153 cm³/mol. The molecule has 1 saturated carbocycles. The number of carbonyl (C=O) groups excluding carboxylic acids is 2. The molecule has 3 aromatic rings. The van der Waals surface area contributed by atoms with Crippen LogP contribution in [-0.2, 0) is 28.3 Å². The summed E-state index contributed by atoms with van der Waals surface area (Å²) in [5, 5.41) is 3.31. The van der Waals surface area contributed by atoms with E-state index in [1.807, 2.05) is 83.8 Å². The summed E-state index contributed by atoms with van der Waals surface area (Å²) in [6.45, 7) is 0.429. The zero-order valence-corrected chi connectivity index (χ0v) is 22.4. The van der Waals surface area contributed by atoms with Gasteiger partial charge in [-0.15, -0.1) is 0 Å². The standard InChI is InChI=1S/C32H38N2O2S/c35-31(21-22-37-25-28-17-9-3-10-18-28)34(24-27-15-7-2-8-16-27)30(23-26-13-5-1-6-14-26)32(36)33-29-19-11-4-12-20-29/h1-3,5-10,13-18,29-30H,4,11-12,19-25H2,(H,33,36)/t30-/m0/s1. The molecule has 1 N–H and O–H groups in total. The molecule has 0 heterocycles. The molecule has 0 aromatic heterocycles. The van der Waals surface area contributed by atoms with Crippen molar-refractivity contribution in [3.63, 3.8) is 0 Å². The highest BCUT2D eigenvalue weighted by atomic mass is 32.2. The zero-order valence-electron chi connectivity index (χ0n) is 21.6. The van der Waals surface area contributed by atoms with Crippen molar-refractivity contribution in [2.75, 3.05) is 5.75 Å². The number of carbonyl (C=O) groups is 2. The zero-order chi connectivity index (χ0) is 25.7. The highest BCUT2D eigenvalue weighted by molar-refractivity contribution is 7.98. The number of hydrogen-bond acceptors (Lipinski definition) is 3. The second-order valence-corrected chi connectivity index (χ2v) is 10.9. The van der Waals surface area contributed by atoms with E-state index in [-0.39, 0.29) is 17.9 Å². The molecule has 0 aliphatic heterocycles. The third kappa shape index (κ3) is 8.78. The van der Waals surface area contributed by atoms with Gasteiger partial charge in [0.15, 0.2) is 0 Å². The summed E-state index contributed by atoms with van der Waals surface area (Å²) in [6.07, 6.45) is 6.50. The van der Waals surface area contributed by atoms with Gasteiger partial charge in [0.05, 0.1) is 0 Å². The molecular formula is C32H38N2O2S. The van der Waals surface area contributed by atoms with E-state index in [0.717, 1.165) is 48.3 Å². The number of nitrogens with one attached hydrogen (secondary N) is 1. The van der Waals surface area contributed by atoms with E-state index in [2.05, 4.69) is 17.4 Å². The number of hydrogen-bond donors (Lipinski definition) is 1. The quantitative estimate of drug-likeness (QED) is 0.285. The van der Waals surface area contributed by atoms with Gasteiger partial charge in [-0.05, 0) is 29.5 Å². The Morgan fingerprint density at radius 1 is 0.784 bits per heavy atom. The summed E-state index contributed by atoms with van der Waals surface area (Å²) in [7, 11) is 0. The molecule has 0 saturated heterocycles. The van der Waals surface area contributed by atoms with Crippen molar-refractivity contribution in [1.29, 1.82) is 0 Å². The lowest BCUT2D eigenvalue weighted by molar-refractivity contribution is -0.141. The van der Waals surface area contributed by atoms with E-state index < -0.39 is 6.04 Å². The second kappa shape index (κ2) is 14.6. The molecule has 194 valence electrons. The van der Waals surface area contributed by atoms with Crippen LogP contribution in [0.25, 0.3) is 0 Å². The molecule has 1 aliphatic rings. The first kappa shape index (κ1) is 27.0. The monoisotopic (exact) mass is 514 g/mol. The fourth-order valence-corrected chi connectivity index (χ4v) is 5.84. The molecule has 5 heteroatoms. The first-order valence-electron chi connectivity index (χ1n) is 13.5. The maximum absolute atomic E-state index is 13.8. The fourth-order valence-electron chi connectivity index (χ4n) is 4.95. The largest absolute Gasteiger partial charge is 0.352 e. The van der Waals surface area contributed by atoms with Crippen molar-refractivity contribution in [2.24, 2.45) is 0 Å². The first-order chi connectivity index (χ1) is 18.2. The smallest absolute Gasteiger partial charge is 0.243 e. The van der Waals surface area contributed by atoms with E-state index >= 15 is 0 Å². The van der Waals surface area contributed by atoms with Crippen LogP contribution in [0.4, 0.5) is 0 Å². The first-order valence-corrected chi connectivity index (χ1v) is 14.6. The van der Waals surface area contributed by atoms with E-state index in [1.54, 1.807) is 11.8 Å². The van der Waals surface area contributed by atoms with E-state index in [4.69, 9.17) is 0 Å². The molecule has 1 aliphatic carbocycles. The van der Waals surface area contributed by atoms with Gasteiger partial charge in [0.2, 0.25) is 11.8 Å². The topological polar surface area (TPSA) is 49.4 Å². The molecule has 4 rings (SSSR count). The number of thioether (sulfide) groups is 1. The summed E-state index contributed by atoms with van der Waals surface area (Å²) in [6, 6.07) is 30.1. The molecule has 0 unspecified atom stereocenters. The van der Waals surface area contributed by atoms with Gasteiger partial charge < -0.3 is 10.2 Å². The lowest BCUT2D eigenvalue weighted by Crippen LogP contribution is -2.52. The Bertz CT molecular complexity index is 1090. The molecular weight excluding hydrogens is 476 g/mol. The summed E-state index contributed by atoms with van der Waals surface area (Å²) < 4.78 is 0. The minimum Gasteiger partial charge on any atom is -0.352 e. The van der Waals surface area contributed by atoms with Crippen LogP contribution in [-0.4, -0.2) is 34.6 Å². The van der Waals surface area contributed by atoms with E-state index in [1.165, 1.54) is 12.0 Å². The molecule has 0 spiro atoms. The lowest BCUT2D eigenvalue weighted by atomic mass is 9.94. The maximum atomic E-state index is 13.8. The second-order valence-electron chi connectivity index (χ2n) is 9.84. The van der Waals surface area contributed by atoms with Crippen LogP contribution in [0.3, 0.4) is 0 Å². The fraction of sp³-hybridized carbons (Fsp3) is 0.375. The van der Waals surface area contributed by atoms with Gasteiger partial charge in [-0.25, -0.2) is 0 Å². The summed E-state index contributed by atoms with van der Waals surface area (Å²) >= 11 is 1.76. The minimum absolute atomic E-state index is 0.0306. The Kier molecular flexibility index (Phi) is 10.7. The summed E-state index contributed by atoms with van der Waals surface area (Å²) in [5.41, 5.74) is 3.36. The highest BCUT2D eigenvalue weighted by Crippen LogP contribution is 2.21. The van der Waals surface area contributed by atoms with Crippen LogP contribution in [0.1, 0.15) is 55.2 Å². The molecule has 1 fully saturated rings. The molecule has 4 nitrogen and oxygen atoms in total. The van der Waals surface area contributed by atoms with Gasteiger partial charge in [0, 0.05) is 36.9 Å². The average molecular weight is 515 g/mol. The molecule has 37 heavy (non-hydrogen) atoms. The Balaban J connectivity index is 1.50. The van der Waals surface area contributed by atoms with Crippen LogP contribution in [0.2, 0.25) is 0 Å². The van der Waals surface area contributed by atoms with Gasteiger partial charge in [0.25, 0.3) is 0 Å². The molecule has 2 amide bonds. The van der Waals surface area contributed by atoms with Crippen LogP contribution >= 0.6 is 11.8 Å². The van der Waals surface area contributed by atoms with E-state index in [0.29, 0.717) is 19.4 Å². The average Bonchev–Trinajstić information content (AvgIpc) is 2.95. The van der Waals surface area contributed by atoms with Crippen molar-refractivity contribution in [2.45, 2.75) is 69.3 Å². The molecule has 0 bridgehead atoms. The predicted octanol–water partition coefficient (Wildman–Crippen LogP) is 6.40. The Labute approximate surface area is 225 Å². The van der Waals surface area contributed by atoms with Gasteiger partial charge in [-0.2, -0.15) is 11.8 Å². The van der Waals surface area contributed by atoms with Crippen LogP contribution in [0, 0.1) is 0 Å². The molecule has 3 aromatic carbocycles. The Morgan fingerprint density at radius 3 is 1.97 bits per heavy atom. The van der Waals surface area contributed by atoms with Crippen molar-refractivity contribution in [3.05, 3.63) is 108 Å². The summed E-state index contributed by atoms with van der Waals surface area (Å²) in [5.74, 6) is 1.60. The Morgan fingerprint density at radius 2 is 1.35 bits per heavy atom. The van der Waals surface area contributed by atoms with Gasteiger partial charge in [-0.1, -0.05) is 110 Å². The van der Waals surface area contributed by atoms with Gasteiger partial charge in [0.1, 0.15) is 6.04 Å². The Hall–Kier alpha value is -3.05. The molecule has 0 radical (unpaired) electrons. The highest BCUT2D eigenvalue weighted by Gasteiger charge is 2.31. The van der Waals surface area contributed by atoms with Gasteiger partial charge in [-0.3, -0.25) is 9.59 Å². The van der Waals surface area contributed by atoms with Crippen molar-refractivity contribution in [1.82, 2.24) is 10.2 Å². The SMILES string of the molecule is O=C(NC1CCCCC1)[C@H](Cc1ccccc1)N(Cc1ccccc1)C(=O)CCSCc1ccccc1. The number of rotatable bonds is 12. The summed E-state index contributed by atoms with van der Waals surface area (Å²) in [4.78, 5) is 29.3. The lowest BCUT2D eigenvalue weighted by Gasteiger charge is -2.33. The normalized spacial score (nSPS) is 14.6. The number of benzene rings is 3. The van der Waals surface area contributed by atoms with Crippen LogP contribution in [0.5, 0.6) is 0 Å². The minimum atomic E-state index is -0.545. The van der Waals surface area contributed by atoms with Crippen LogP contribution < -0.4 is 5.32 Å². The van der Waals surface area contributed by atoms with Gasteiger partial charge >= 0.3 is 0 Å².